The van der Waals surface area contributed by atoms with Gasteiger partial charge in [0.15, 0.2) is 6.29 Å². The lowest BCUT2D eigenvalue weighted by Gasteiger charge is -2.14. The molecule has 0 radical (unpaired) electrons. The normalized spacial score (nSPS) is 12.8. The number of benzene rings is 3. The Morgan fingerprint density at radius 1 is 0.839 bits per heavy atom. The Hall–Kier alpha value is -3.19. The average molecular weight is 421 g/mol. The van der Waals surface area contributed by atoms with Gasteiger partial charge in [0.1, 0.15) is 5.75 Å². The van der Waals surface area contributed by atoms with Gasteiger partial charge in [0, 0.05) is 18.8 Å². The first kappa shape index (κ1) is 22.5. The predicted molar refractivity (Wildman–Crippen MR) is 121 cm³/mol. The molecule has 162 valence electrons. The minimum atomic E-state index is -0.762. The van der Waals surface area contributed by atoms with E-state index in [1.54, 1.807) is 6.07 Å². The number of rotatable bonds is 11. The van der Waals surface area contributed by atoms with Crippen LogP contribution in [0.2, 0.25) is 0 Å². The van der Waals surface area contributed by atoms with E-state index < -0.39 is 12.2 Å². The number of aliphatic hydroxyl groups excluding tert-OH is 2. The van der Waals surface area contributed by atoms with E-state index in [2.05, 4.69) is 10.6 Å². The van der Waals surface area contributed by atoms with Crippen LogP contribution < -0.4 is 10.6 Å². The van der Waals surface area contributed by atoms with Crippen molar-refractivity contribution >= 4 is 12.0 Å². The lowest BCUT2D eigenvalue weighted by Crippen LogP contribution is -2.23. The molecule has 0 heterocycles. The zero-order valence-corrected chi connectivity index (χ0v) is 17.2. The molecule has 0 amide bonds. The molecule has 31 heavy (non-hydrogen) atoms. The summed E-state index contributed by atoms with van der Waals surface area (Å²) in [5.74, 6) is -0.0913. The van der Waals surface area contributed by atoms with Crippen molar-refractivity contribution in [3.63, 3.8) is 0 Å². The van der Waals surface area contributed by atoms with Crippen LogP contribution in [0, 0.1) is 0 Å². The summed E-state index contributed by atoms with van der Waals surface area (Å²) < 4.78 is 0. The van der Waals surface area contributed by atoms with Crippen molar-refractivity contribution in [3.8, 4) is 5.75 Å². The number of carbonyl (C=O) groups is 1. The second-order valence-corrected chi connectivity index (χ2v) is 7.41. The fraction of sp³-hybridized carbons (Fsp3) is 0.240. The van der Waals surface area contributed by atoms with E-state index in [-0.39, 0.29) is 11.3 Å². The Balaban J connectivity index is 1.39. The molecule has 0 fully saturated rings. The summed E-state index contributed by atoms with van der Waals surface area (Å²) in [6.07, 6.45) is 0.0453. The summed E-state index contributed by atoms with van der Waals surface area (Å²) >= 11 is 0. The summed E-state index contributed by atoms with van der Waals surface area (Å²) in [7, 11) is 0. The topological polar surface area (TPSA) is 102 Å². The van der Waals surface area contributed by atoms with Crippen LogP contribution in [0.25, 0.3) is 0 Å². The molecule has 3 aromatic rings. The largest absolute Gasteiger partial charge is 0.507 e. The Morgan fingerprint density at radius 3 is 2.26 bits per heavy atom. The monoisotopic (exact) mass is 420 g/mol. The molecule has 0 saturated heterocycles. The standard InChI is InChI=1S/C25H28N2O4/c28-17-21-14-20(8-11-23(21)29)24(30)15-26-13-12-18-6-9-22(10-7-18)27-16-25(31)19-4-2-1-3-5-19/h1-11,14,17,24-27,29-31H,12-13,15-16H2. The first-order chi connectivity index (χ1) is 15.1. The molecule has 0 aliphatic heterocycles. The molecule has 6 heteroatoms. The van der Waals surface area contributed by atoms with Crippen LogP contribution in [0.4, 0.5) is 5.69 Å². The maximum atomic E-state index is 10.9. The minimum absolute atomic E-state index is 0.0913. The first-order valence-corrected chi connectivity index (χ1v) is 10.3. The highest BCUT2D eigenvalue weighted by atomic mass is 16.3. The minimum Gasteiger partial charge on any atom is -0.507 e. The number of carbonyl (C=O) groups excluding carboxylic acids is 1. The van der Waals surface area contributed by atoms with Gasteiger partial charge in [-0.1, -0.05) is 48.5 Å². The molecule has 3 rings (SSSR count). The molecule has 5 N–H and O–H groups in total. The van der Waals surface area contributed by atoms with Crippen molar-refractivity contribution in [1.29, 1.82) is 0 Å². The molecular weight excluding hydrogens is 392 g/mol. The average Bonchev–Trinajstić information content (AvgIpc) is 2.81. The lowest BCUT2D eigenvalue weighted by molar-refractivity contribution is 0.112. The Labute approximate surface area is 182 Å². The number of aliphatic hydroxyl groups is 2. The third-order valence-corrected chi connectivity index (χ3v) is 5.13. The number of hydrogen-bond donors (Lipinski definition) is 5. The quantitative estimate of drug-likeness (QED) is 0.241. The zero-order chi connectivity index (χ0) is 22.1. The predicted octanol–water partition coefficient (Wildman–Crippen LogP) is 3.22. The highest BCUT2D eigenvalue weighted by Gasteiger charge is 2.10. The number of hydrogen-bond acceptors (Lipinski definition) is 6. The van der Waals surface area contributed by atoms with Gasteiger partial charge in [-0.2, -0.15) is 0 Å². The fourth-order valence-corrected chi connectivity index (χ4v) is 3.26. The van der Waals surface area contributed by atoms with Gasteiger partial charge in [-0.3, -0.25) is 4.79 Å². The van der Waals surface area contributed by atoms with Gasteiger partial charge in [0.25, 0.3) is 0 Å². The Bertz CT molecular complexity index is 961. The van der Waals surface area contributed by atoms with Crippen LogP contribution in [0.15, 0.2) is 72.8 Å². The van der Waals surface area contributed by atoms with Gasteiger partial charge in [-0.05, 0) is 53.9 Å². The highest BCUT2D eigenvalue weighted by Crippen LogP contribution is 2.21. The van der Waals surface area contributed by atoms with E-state index in [9.17, 15) is 20.1 Å². The van der Waals surface area contributed by atoms with Crippen LogP contribution in [0.3, 0.4) is 0 Å². The van der Waals surface area contributed by atoms with Gasteiger partial charge in [-0.25, -0.2) is 0 Å². The molecular formula is C25H28N2O4. The van der Waals surface area contributed by atoms with E-state index in [1.165, 1.54) is 12.1 Å². The zero-order valence-electron chi connectivity index (χ0n) is 17.2. The van der Waals surface area contributed by atoms with Crippen LogP contribution >= 0.6 is 0 Å². The number of aromatic hydroxyl groups is 1. The molecule has 0 bridgehead atoms. The van der Waals surface area contributed by atoms with E-state index in [0.29, 0.717) is 31.5 Å². The molecule has 2 unspecified atom stereocenters. The fourth-order valence-electron chi connectivity index (χ4n) is 3.26. The number of anilines is 1. The molecule has 0 aliphatic rings. The SMILES string of the molecule is O=Cc1cc(C(O)CNCCc2ccc(NCC(O)c3ccccc3)cc2)ccc1O. The van der Waals surface area contributed by atoms with Crippen molar-refractivity contribution in [3.05, 3.63) is 95.1 Å². The molecule has 0 aliphatic carbocycles. The molecule has 0 saturated carbocycles. The summed E-state index contributed by atoms with van der Waals surface area (Å²) in [5, 5.41) is 36.5. The second kappa shape index (κ2) is 11.3. The number of phenols is 1. The van der Waals surface area contributed by atoms with Crippen molar-refractivity contribution in [2.24, 2.45) is 0 Å². The summed E-state index contributed by atoms with van der Waals surface area (Å²) in [6.45, 7) is 1.47. The van der Waals surface area contributed by atoms with Crippen LogP contribution in [-0.2, 0) is 6.42 Å². The second-order valence-electron chi connectivity index (χ2n) is 7.41. The van der Waals surface area contributed by atoms with E-state index in [1.807, 2.05) is 54.6 Å². The van der Waals surface area contributed by atoms with Gasteiger partial charge in [-0.15, -0.1) is 0 Å². The maximum Gasteiger partial charge on any atom is 0.153 e. The van der Waals surface area contributed by atoms with Gasteiger partial charge in [0.2, 0.25) is 0 Å². The van der Waals surface area contributed by atoms with Gasteiger partial charge >= 0.3 is 0 Å². The van der Waals surface area contributed by atoms with Crippen LogP contribution in [0.5, 0.6) is 5.75 Å². The van der Waals surface area contributed by atoms with Crippen molar-refractivity contribution < 1.29 is 20.1 Å². The lowest BCUT2D eigenvalue weighted by atomic mass is 10.1. The first-order valence-electron chi connectivity index (χ1n) is 10.3. The molecule has 0 spiro atoms. The number of aldehydes is 1. The van der Waals surface area contributed by atoms with Gasteiger partial charge < -0.3 is 26.0 Å². The molecule has 0 aromatic heterocycles. The summed E-state index contributed by atoms with van der Waals surface area (Å²) in [5.41, 5.74) is 3.74. The third kappa shape index (κ3) is 6.65. The maximum absolute atomic E-state index is 10.9. The smallest absolute Gasteiger partial charge is 0.153 e. The molecule has 6 nitrogen and oxygen atoms in total. The summed E-state index contributed by atoms with van der Waals surface area (Å²) in [4.78, 5) is 10.9. The Morgan fingerprint density at radius 2 is 1.55 bits per heavy atom. The van der Waals surface area contributed by atoms with E-state index in [0.717, 1.165) is 23.2 Å². The van der Waals surface area contributed by atoms with Crippen molar-refractivity contribution in [2.75, 3.05) is 25.0 Å². The van der Waals surface area contributed by atoms with Gasteiger partial charge in [0.05, 0.1) is 17.8 Å². The Kier molecular flexibility index (Phi) is 8.18. The third-order valence-electron chi connectivity index (χ3n) is 5.13. The van der Waals surface area contributed by atoms with E-state index in [4.69, 9.17) is 0 Å². The van der Waals surface area contributed by atoms with Crippen molar-refractivity contribution in [1.82, 2.24) is 5.32 Å². The van der Waals surface area contributed by atoms with Crippen LogP contribution in [0.1, 0.15) is 39.3 Å². The summed E-state index contributed by atoms with van der Waals surface area (Å²) in [6, 6.07) is 22.1. The molecule has 3 aromatic carbocycles. The molecule has 2 atom stereocenters. The number of nitrogens with one attached hydrogen (secondary N) is 2. The van der Waals surface area contributed by atoms with E-state index >= 15 is 0 Å². The highest BCUT2D eigenvalue weighted by molar-refractivity contribution is 5.79. The number of phenolic OH excluding ortho intramolecular Hbond substituents is 1. The van der Waals surface area contributed by atoms with Crippen LogP contribution in [-0.4, -0.2) is 41.2 Å². The van der Waals surface area contributed by atoms with Crippen molar-refractivity contribution in [2.45, 2.75) is 18.6 Å².